The Morgan fingerprint density at radius 1 is 1.29 bits per heavy atom. The van der Waals surface area contributed by atoms with E-state index in [1.165, 1.54) is 22.0 Å². The second kappa shape index (κ2) is 10.1. The average molecular weight is 513 g/mol. The highest BCUT2D eigenvalue weighted by Crippen LogP contribution is 2.36. The lowest BCUT2D eigenvalue weighted by atomic mass is 9.95. The van der Waals surface area contributed by atoms with Crippen molar-refractivity contribution in [2.45, 2.75) is 39.8 Å². The summed E-state index contributed by atoms with van der Waals surface area (Å²) in [6, 6.07) is 11.1. The van der Waals surface area contributed by atoms with Gasteiger partial charge in [0.25, 0.3) is 5.56 Å². The highest BCUT2D eigenvalue weighted by atomic mass is 35.5. The summed E-state index contributed by atoms with van der Waals surface area (Å²) in [7, 11) is 0. The molecule has 0 saturated heterocycles. The van der Waals surface area contributed by atoms with E-state index >= 15 is 0 Å². The lowest BCUT2D eigenvalue weighted by Gasteiger charge is -2.26. The smallest absolute Gasteiger partial charge is 0.338 e. The van der Waals surface area contributed by atoms with Gasteiger partial charge in [-0.1, -0.05) is 41.1 Å². The predicted octanol–water partition coefficient (Wildman–Crippen LogP) is 3.94. The molecule has 0 unspecified atom stereocenters. The minimum atomic E-state index is -0.796. The molecule has 0 aliphatic carbocycles. The first-order valence-electron chi connectivity index (χ1n) is 11.1. The Labute approximate surface area is 211 Å². The van der Waals surface area contributed by atoms with E-state index in [1.807, 2.05) is 38.1 Å². The van der Waals surface area contributed by atoms with Crippen LogP contribution in [-0.2, 0) is 9.53 Å². The summed E-state index contributed by atoms with van der Waals surface area (Å²) in [6.45, 7) is 7.46. The monoisotopic (exact) mass is 512 g/mol. The molecule has 1 aromatic heterocycles. The Hall–Kier alpha value is -3.36. The van der Waals surface area contributed by atoms with Crippen LogP contribution in [0.3, 0.4) is 0 Å². The Bertz CT molecular complexity index is 1500. The number of carbonyl (C=O) groups is 1. The van der Waals surface area contributed by atoms with E-state index in [9.17, 15) is 14.7 Å². The van der Waals surface area contributed by atoms with Crippen LogP contribution in [0, 0.1) is 0 Å². The van der Waals surface area contributed by atoms with Crippen LogP contribution in [0.5, 0.6) is 11.5 Å². The number of esters is 1. The van der Waals surface area contributed by atoms with Gasteiger partial charge in [-0.05, 0) is 58.0 Å². The number of phenols is 1. The van der Waals surface area contributed by atoms with Crippen LogP contribution in [0.4, 0.5) is 0 Å². The summed E-state index contributed by atoms with van der Waals surface area (Å²) in [5.74, 6) is 0.0155. The van der Waals surface area contributed by atoms with E-state index in [-0.39, 0.29) is 29.6 Å². The van der Waals surface area contributed by atoms with Crippen LogP contribution in [0.15, 0.2) is 63.5 Å². The van der Waals surface area contributed by atoms with Gasteiger partial charge in [0.2, 0.25) is 0 Å². The van der Waals surface area contributed by atoms with Crippen LogP contribution in [0.25, 0.3) is 6.08 Å². The van der Waals surface area contributed by atoms with Crippen molar-refractivity contribution in [3.8, 4) is 11.5 Å². The Kier molecular flexibility index (Phi) is 7.14. The molecule has 0 amide bonds. The summed E-state index contributed by atoms with van der Waals surface area (Å²) in [5, 5.41) is 10.7. The van der Waals surface area contributed by atoms with Crippen molar-refractivity contribution in [1.29, 1.82) is 0 Å². The minimum absolute atomic E-state index is 0.00384. The summed E-state index contributed by atoms with van der Waals surface area (Å²) in [5.41, 5.74) is 1.44. The molecule has 182 valence electrons. The Morgan fingerprint density at radius 2 is 2.03 bits per heavy atom. The van der Waals surface area contributed by atoms with Gasteiger partial charge >= 0.3 is 5.97 Å². The highest BCUT2D eigenvalue weighted by molar-refractivity contribution is 7.07. The number of thiazole rings is 1. The minimum Gasteiger partial charge on any atom is -0.507 e. The molecule has 7 nitrogen and oxygen atoms in total. The topological polar surface area (TPSA) is 90.1 Å². The number of hydrogen-bond acceptors (Lipinski definition) is 7. The number of fused-ring (bicyclic) bond motifs is 1. The third-order valence-corrected chi connectivity index (χ3v) is 6.59. The number of phenolic OH excluding ortho intramolecular Hbond substituents is 1. The van der Waals surface area contributed by atoms with Crippen LogP contribution in [-0.4, -0.2) is 28.4 Å². The van der Waals surface area contributed by atoms with Crippen molar-refractivity contribution in [3.05, 3.63) is 89.6 Å². The molecule has 2 aromatic carbocycles. The molecule has 4 rings (SSSR count). The van der Waals surface area contributed by atoms with Crippen LogP contribution >= 0.6 is 22.9 Å². The number of para-hydroxylation sites is 1. The fourth-order valence-corrected chi connectivity index (χ4v) is 5.15. The van der Waals surface area contributed by atoms with Gasteiger partial charge in [0.05, 0.1) is 28.5 Å². The van der Waals surface area contributed by atoms with Gasteiger partial charge in [0, 0.05) is 16.1 Å². The highest BCUT2D eigenvalue weighted by Gasteiger charge is 2.35. The molecular formula is C26H25ClN2O5S. The van der Waals surface area contributed by atoms with E-state index in [0.29, 0.717) is 36.9 Å². The van der Waals surface area contributed by atoms with E-state index in [0.717, 1.165) is 0 Å². The maximum Gasteiger partial charge on any atom is 0.338 e. The molecule has 3 aromatic rings. The fraction of sp³-hybridized carbons (Fsp3) is 0.269. The lowest BCUT2D eigenvalue weighted by molar-refractivity contribution is -0.139. The zero-order valence-corrected chi connectivity index (χ0v) is 21.3. The van der Waals surface area contributed by atoms with Gasteiger partial charge in [-0.3, -0.25) is 9.36 Å². The molecule has 9 heteroatoms. The number of carbonyl (C=O) groups excluding carboxylic acids is 1. The number of rotatable bonds is 6. The average Bonchev–Trinajstić information content (AvgIpc) is 3.10. The summed E-state index contributed by atoms with van der Waals surface area (Å²) < 4.78 is 13.2. The zero-order chi connectivity index (χ0) is 25.3. The van der Waals surface area contributed by atoms with E-state index in [2.05, 4.69) is 4.99 Å². The first-order valence-corrected chi connectivity index (χ1v) is 12.3. The maximum absolute atomic E-state index is 13.7. The molecule has 0 saturated carbocycles. The number of halogens is 1. The number of aromatic hydroxyl groups is 1. The molecule has 0 radical (unpaired) electrons. The van der Waals surface area contributed by atoms with Gasteiger partial charge in [-0.15, -0.1) is 0 Å². The van der Waals surface area contributed by atoms with Gasteiger partial charge < -0.3 is 14.6 Å². The van der Waals surface area contributed by atoms with E-state index in [4.69, 9.17) is 21.1 Å². The molecule has 1 atom stereocenters. The van der Waals surface area contributed by atoms with Crippen LogP contribution in [0.2, 0.25) is 5.02 Å². The quantitative estimate of drug-likeness (QED) is 0.505. The van der Waals surface area contributed by atoms with Crippen molar-refractivity contribution in [1.82, 2.24) is 4.57 Å². The van der Waals surface area contributed by atoms with Gasteiger partial charge in [-0.2, -0.15) is 0 Å². The Balaban J connectivity index is 2.00. The van der Waals surface area contributed by atoms with Crippen LogP contribution < -0.4 is 19.6 Å². The van der Waals surface area contributed by atoms with Crippen molar-refractivity contribution >= 4 is 35.0 Å². The molecule has 2 heterocycles. The van der Waals surface area contributed by atoms with Crippen molar-refractivity contribution in [2.75, 3.05) is 6.61 Å². The van der Waals surface area contributed by atoms with Gasteiger partial charge in [0.1, 0.15) is 17.5 Å². The van der Waals surface area contributed by atoms with Crippen molar-refractivity contribution in [3.63, 3.8) is 0 Å². The molecular weight excluding hydrogens is 488 g/mol. The molecule has 35 heavy (non-hydrogen) atoms. The van der Waals surface area contributed by atoms with Crippen molar-refractivity contribution in [2.24, 2.45) is 4.99 Å². The largest absolute Gasteiger partial charge is 0.507 e. The normalized spacial score (nSPS) is 15.7. The number of allylic oxidation sites excluding steroid dienone is 1. The first-order chi connectivity index (χ1) is 16.7. The predicted molar refractivity (Wildman–Crippen MR) is 136 cm³/mol. The second-order valence-electron chi connectivity index (χ2n) is 8.21. The van der Waals surface area contributed by atoms with E-state index in [1.54, 1.807) is 32.1 Å². The third-order valence-electron chi connectivity index (χ3n) is 5.37. The number of hydrogen-bond donors (Lipinski definition) is 1. The maximum atomic E-state index is 13.7. The fourth-order valence-electron chi connectivity index (χ4n) is 3.94. The number of aromatic nitrogens is 1. The number of nitrogens with zero attached hydrogens (tertiary/aromatic N) is 2. The third kappa shape index (κ3) is 4.90. The molecule has 1 N–H and O–H groups in total. The van der Waals surface area contributed by atoms with E-state index < -0.39 is 12.0 Å². The molecule has 1 aliphatic heterocycles. The molecule has 0 spiro atoms. The SMILES string of the molecule is CCOC(=O)C1=C(C)N=c2s/c(=C/c3cc(Cl)ccc3O)c(=O)n2[C@H]1c1ccccc1OC(C)C. The van der Waals surface area contributed by atoms with Gasteiger partial charge in [0.15, 0.2) is 4.80 Å². The molecule has 0 fully saturated rings. The number of ether oxygens (including phenoxy) is 2. The summed E-state index contributed by atoms with van der Waals surface area (Å²) >= 11 is 7.25. The molecule has 1 aliphatic rings. The van der Waals surface area contributed by atoms with Gasteiger partial charge in [-0.25, -0.2) is 9.79 Å². The second-order valence-corrected chi connectivity index (χ2v) is 9.66. The summed E-state index contributed by atoms with van der Waals surface area (Å²) in [4.78, 5) is 31.8. The van der Waals surface area contributed by atoms with Crippen molar-refractivity contribution < 1.29 is 19.4 Å². The summed E-state index contributed by atoms with van der Waals surface area (Å²) in [6.07, 6.45) is 1.45. The Morgan fingerprint density at radius 3 is 2.74 bits per heavy atom. The van der Waals surface area contributed by atoms with Crippen LogP contribution in [0.1, 0.15) is 44.9 Å². The first kappa shape index (κ1) is 24.8. The molecule has 0 bridgehead atoms. The number of benzene rings is 2. The standard InChI is InChI=1S/C26H25ClN2O5S/c1-5-33-25(32)22-15(4)28-26-29(23(22)18-8-6-7-9-20(18)34-14(2)3)24(31)21(35-26)13-16-12-17(27)10-11-19(16)30/h6-14,23,30H,5H2,1-4H3/b21-13+/t23-/m0/s1. The lowest BCUT2D eigenvalue weighted by Crippen LogP contribution is -2.40. The zero-order valence-electron chi connectivity index (χ0n) is 19.7.